The molecule has 5 heteroatoms. The average Bonchev–Trinajstić information content (AvgIpc) is 2.37. The summed E-state index contributed by atoms with van der Waals surface area (Å²) in [7, 11) is 0. The van der Waals surface area contributed by atoms with Crippen LogP contribution < -0.4 is 11.1 Å². The molecule has 1 aromatic carbocycles. The van der Waals surface area contributed by atoms with Gasteiger partial charge in [0, 0.05) is 15.7 Å². The standard InChI is InChI=1S/C14H14BrN3O/c1-8-7-10(3-5-12(8)16)14(19)18-13-6-4-11(15)9(2)17-13/h3-7H,16H2,1-2H3,(H,17,18,19). The van der Waals surface area contributed by atoms with Crippen LogP contribution >= 0.6 is 15.9 Å². The zero-order valence-electron chi connectivity index (χ0n) is 10.7. The van der Waals surface area contributed by atoms with Crippen LogP contribution in [0.15, 0.2) is 34.8 Å². The Balaban J connectivity index is 2.20. The zero-order valence-corrected chi connectivity index (χ0v) is 12.3. The number of nitrogens with one attached hydrogen (secondary N) is 1. The van der Waals surface area contributed by atoms with E-state index in [0.29, 0.717) is 17.1 Å². The Morgan fingerprint density at radius 1 is 1.26 bits per heavy atom. The lowest BCUT2D eigenvalue weighted by Crippen LogP contribution is -2.13. The van der Waals surface area contributed by atoms with Crippen LogP contribution in [-0.2, 0) is 0 Å². The lowest BCUT2D eigenvalue weighted by Gasteiger charge is -2.07. The lowest BCUT2D eigenvalue weighted by molar-refractivity contribution is 0.102. The smallest absolute Gasteiger partial charge is 0.256 e. The molecule has 0 bridgehead atoms. The van der Waals surface area contributed by atoms with Gasteiger partial charge in [-0.1, -0.05) is 0 Å². The van der Waals surface area contributed by atoms with Crippen molar-refractivity contribution in [2.45, 2.75) is 13.8 Å². The van der Waals surface area contributed by atoms with Gasteiger partial charge in [0.25, 0.3) is 5.91 Å². The minimum atomic E-state index is -0.197. The molecule has 0 unspecified atom stereocenters. The predicted molar refractivity (Wildman–Crippen MR) is 80.2 cm³/mol. The third kappa shape index (κ3) is 3.12. The van der Waals surface area contributed by atoms with E-state index < -0.39 is 0 Å². The fourth-order valence-corrected chi connectivity index (χ4v) is 1.84. The van der Waals surface area contributed by atoms with Crippen LogP contribution in [-0.4, -0.2) is 10.9 Å². The molecule has 0 fully saturated rings. The maximum absolute atomic E-state index is 12.1. The first-order valence-electron chi connectivity index (χ1n) is 5.78. The van der Waals surface area contributed by atoms with E-state index in [1.54, 1.807) is 24.3 Å². The summed E-state index contributed by atoms with van der Waals surface area (Å²) in [4.78, 5) is 16.3. The number of amides is 1. The van der Waals surface area contributed by atoms with Crippen molar-refractivity contribution in [2.24, 2.45) is 0 Å². The van der Waals surface area contributed by atoms with E-state index >= 15 is 0 Å². The molecule has 98 valence electrons. The molecule has 0 atom stereocenters. The van der Waals surface area contributed by atoms with Crippen LogP contribution in [0, 0.1) is 13.8 Å². The number of nitrogens with zero attached hydrogens (tertiary/aromatic N) is 1. The SMILES string of the molecule is Cc1cc(C(=O)Nc2ccc(Br)c(C)n2)ccc1N. The Bertz CT molecular complexity index is 641. The van der Waals surface area contributed by atoms with Crippen molar-refractivity contribution in [3.05, 3.63) is 51.6 Å². The minimum Gasteiger partial charge on any atom is -0.399 e. The fraction of sp³-hybridized carbons (Fsp3) is 0.143. The van der Waals surface area contributed by atoms with Gasteiger partial charge >= 0.3 is 0 Å². The summed E-state index contributed by atoms with van der Waals surface area (Å²) in [6, 6.07) is 8.79. The molecule has 19 heavy (non-hydrogen) atoms. The van der Waals surface area contributed by atoms with Crippen molar-refractivity contribution in [2.75, 3.05) is 11.1 Å². The molecule has 0 saturated carbocycles. The summed E-state index contributed by atoms with van der Waals surface area (Å²) in [5, 5.41) is 2.76. The number of pyridine rings is 1. The molecule has 0 radical (unpaired) electrons. The van der Waals surface area contributed by atoms with Crippen molar-refractivity contribution in [1.29, 1.82) is 0 Å². The quantitative estimate of drug-likeness (QED) is 0.834. The molecule has 3 N–H and O–H groups in total. The van der Waals surface area contributed by atoms with Gasteiger partial charge in [-0.15, -0.1) is 0 Å². The number of carbonyl (C=O) groups is 1. The Morgan fingerprint density at radius 2 is 2.00 bits per heavy atom. The number of nitrogens with two attached hydrogens (primary N) is 1. The van der Waals surface area contributed by atoms with Crippen molar-refractivity contribution < 1.29 is 4.79 Å². The van der Waals surface area contributed by atoms with Crippen LogP contribution in [0.4, 0.5) is 11.5 Å². The molecule has 0 saturated heterocycles. The van der Waals surface area contributed by atoms with Crippen LogP contribution in [0.3, 0.4) is 0 Å². The van der Waals surface area contributed by atoms with Gasteiger partial charge in [0.05, 0.1) is 5.69 Å². The van der Waals surface area contributed by atoms with Gasteiger partial charge in [-0.3, -0.25) is 4.79 Å². The van der Waals surface area contributed by atoms with Gasteiger partial charge in [-0.25, -0.2) is 4.98 Å². The first-order chi connectivity index (χ1) is 8.97. The number of aryl methyl sites for hydroxylation is 2. The number of hydrogen-bond donors (Lipinski definition) is 2. The molecule has 1 aromatic heterocycles. The van der Waals surface area contributed by atoms with E-state index in [4.69, 9.17) is 5.73 Å². The highest BCUT2D eigenvalue weighted by Crippen LogP contribution is 2.18. The molecule has 0 aliphatic carbocycles. The first kappa shape index (κ1) is 13.5. The number of nitrogen functional groups attached to an aromatic ring is 1. The van der Waals surface area contributed by atoms with Crippen LogP contribution in [0.2, 0.25) is 0 Å². The topological polar surface area (TPSA) is 68.0 Å². The number of carbonyl (C=O) groups excluding carboxylic acids is 1. The fourth-order valence-electron chi connectivity index (χ4n) is 1.62. The number of rotatable bonds is 2. The summed E-state index contributed by atoms with van der Waals surface area (Å²) < 4.78 is 0.911. The molecule has 1 heterocycles. The Morgan fingerprint density at radius 3 is 2.63 bits per heavy atom. The van der Waals surface area contributed by atoms with Crippen LogP contribution in [0.25, 0.3) is 0 Å². The van der Waals surface area contributed by atoms with Gasteiger partial charge in [-0.2, -0.15) is 0 Å². The van der Waals surface area contributed by atoms with Gasteiger partial charge in [0.1, 0.15) is 5.82 Å². The summed E-state index contributed by atoms with van der Waals surface area (Å²) >= 11 is 3.37. The average molecular weight is 320 g/mol. The van der Waals surface area contributed by atoms with Gasteiger partial charge < -0.3 is 11.1 Å². The summed E-state index contributed by atoms with van der Waals surface area (Å²) in [6.07, 6.45) is 0. The number of anilines is 2. The zero-order chi connectivity index (χ0) is 14.0. The second kappa shape index (κ2) is 5.40. The monoisotopic (exact) mass is 319 g/mol. The first-order valence-corrected chi connectivity index (χ1v) is 6.57. The van der Waals surface area contributed by atoms with E-state index in [1.165, 1.54) is 0 Å². The molecular weight excluding hydrogens is 306 g/mol. The van der Waals surface area contributed by atoms with Crippen LogP contribution in [0.5, 0.6) is 0 Å². The Kier molecular flexibility index (Phi) is 3.85. The third-order valence-corrected chi connectivity index (χ3v) is 3.63. The second-order valence-corrected chi connectivity index (χ2v) is 5.14. The van der Waals surface area contributed by atoms with Gasteiger partial charge in [0.2, 0.25) is 0 Å². The normalized spacial score (nSPS) is 10.3. The van der Waals surface area contributed by atoms with E-state index in [-0.39, 0.29) is 5.91 Å². The molecular formula is C14H14BrN3O. The number of hydrogen-bond acceptors (Lipinski definition) is 3. The largest absolute Gasteiger partial charge is 0.399 e. The maximum Gasteiger partial charge on any atom is 0.256 e. The predicted octanol–water partition coefficient (Wildman–Crippen LogP) is 3.30. The molecule has 4 nitrogen and oxygen atoms in total. The Labute approximate surface area is 120 Å². The molecule has 2 rings (SSSR count). The molecule has 2 aromatic rings. The number of halogens is 1. The lowest BCUT2D eigenvalue weighted by atomic mass is 10.1. The van der Waals surface area contributed by atoms with E-state index in [2.05, 4.69) is 26.2 Å². The Hall–Kier alpha value is -1.88. The van der Waals surface area contributed by atoms with E-state index in [1.807, 2.05) is 19.9 Å². The minimum absolute atomic E-state index is 0.197. The molecule has 1 amide bonds. The molecule has 0 spiro atoms. The van der Waals surface area contributed by atoms with Crippen molar-refractivity contribution in [3.8, 4) is 0 Å². The number of benzene rings is 1. The van der Waals surface area contributed by atoms with Crippen molar-refractivity contribution in [1.82, 2.24) is 4.98 Å². The third-order valence-electron chi connectivity index (χ3n) is 2.79. The van der Waals surface area contributed by atoms with Gasteiger partial charge in [-0.05, 0) is 65.7 Å². The van der Waals surface area contributed by atoms with Gasteiger partial charge in [0.15, 0.2) is 0 Å². The highest BCUT2D eigenvalue weighted by atomic mass is 79.9. The summed E-state index contributed by atoms with van der Waals surface area (Å²) in [5.74, 6) is 0.331. The highest BCUT2D eigenvalue weighted by molar-refractivity contribution is 9.10. The van der Waals surface area contributed by atoms with E-state index in [0.717, 1.165) is 15.7 Å². The number of aromatic nitrogens is 1. The van der Waals surface area contributed by atoms with Crippen molar-refractivity contribution >= 4 is 33.3 Å². The van der Waals surface area contributed by atoms with Crippen LogP contribution in [0.1, 0.15) is 21.6 Å². The molecule has 0 aliphatic rings. The highest BCUT2D eigenvalue weighted by Gasteiger charge is 2.08. The maximum atomic E-state index is 12.1. The summed E-state index contributed by atoms with van der Waals surface area (Å²) in [5.41, 5.74) is 8.68. The van der Waals surface area contributed by atoms with Crippen molar-refractivity contribution in [3.63, 3.8) is 0 Å². The second-order valence-electron chi connectivity index (χ2n) is 4.29. The van der Waals surface area contributed by atoms with E-state index in [9.17, 15) is 4.79 Å². The molecule has 0 aliphatic heterocycles. The summed E-state index contributed by atoms with van der Waals surface area (Å²) in [6.45, 7) is 3.74.